The largest absolute Gasteiger partial charge is 0.481 e. The molecule has 1 fully saturated rings. The van der Waals surface area contributed by atoms with Crippen LogP contribution in [0.4, 0.5) is 5.82 Å². The van der Waals surface area contributed by atoms with Crippen LogP contribution in [0.5, 0.6) is 0 Å². The van der Waals surface area contributed by atoms with E-state index in [-0.39, 0.29) is 5.92 Å². The van der Waals surface area contributed by atoms with Gasteiger partial charge in [0.05, 0.1) is 11.6 Å². The first-order valence-electron chi connectivity index (χ1n) is 7.38. The van der Waals surface area contributed by atoms with E-state index in [4.69, 9.17) is 5.11 Å². The zero-order valence-electron chi connectivity index (χ0n) is 12.7. The van der Waals surface area contributed by atoms with Gasteiger partial charge in [-0.2, -0.15) is 5.10 Å². The normalized spacial score (nSPS) is 16.0. The molecule has 0 aromatic carbocycles. The fraction of sp³-hybridized carbons (Fsp3) is 0.467. The Kier molecular flexibility index (Phi) is 3.79. The van der Waals surface area contributed by atoms with Gasteiger partial charge in [0.1, 0.15) is 12.1 Å². The highest BCUT2D eigenvalue weighted by molar-refractivity contribution is 5.70. The van der Waals surface area contributed by atoms with Gasteiger partial charge in [0.15, 0.2) is 5.82 Å². The molecule has 3 heterocycles. The van der Waals surface area contributed by atoms with Gasteiger partial charge in [0.2, 0.25) is 0 Å². The van der Waals surface area contributed by atoms with Gasteiger partial charge in [-0.1, -0.05) is 0 Å². The fourth-order valence-corrected chi connectivity index (χ4v) is 2.84. The molecule has 1 aliphatic rings. The third-order valence-electron chi connectivity index (χ3n) is 4.03. The van der Waals surface area contributed by atoms with Crippen LogP contribution in [0.1, 0.15) is 24.2 Å². The molecule has 7 nitrogen and oxygen atoms in total. The highest BCUT2D eigenvalue weighted by atomic mass is 16.4. The van der Waals surface area contributed by atoms with E-state index < -0.39 is 5.97 Å². The summed E-state index contributed by atoms with van der Waals surface area (Å²) in [5.74, 6) is 0.608. The molecule has 3 rings (SSSR count). The molecule has 0 aliphatic carbocycles. The molecule has 0 saturated carbocycles. The van der Waals surface area contributed by atoms with E-state index in [0.717, 1.165) is 23.0 Å². The molecule has 1 aliphatic heterocycles. The Bertz CT molecular complexity index is 689. The van der Waals surface area contributed by atoms with E-state index in [0.29, 0.717) is 25.9 Å². The topological polar surface area (TPSA) is 84.1 Å². The summed E-state index contributed by atoms with van der Waals surface area (Å²) in [4.78, 5) is 21.7. The number of carboxylic acids is 1. The maximum absolute atomic E-state index is 11.0. The average Bonchev–Trinajstić information content (AvgIpc) is 2.86. The third kappa shape index (κ3) is 2.79. The summed E-state index contributed by atoms with van der Waals surface area (Å²) in [6.45, 7) is 5.33. The van der Waals surface area contributed by atoms with Crippen LogP contribution in [0.25, 0.3) is 5.82 Å². The second-order valence-electron chi connectivity index (χ2n) is 5.67. The van der Waals surface area contributed by atoms with Gasteiger partial charge >= 0.3 is 5.97 Å². The van der Waals surface area contributed by atoms with Crippen molar-refractivity contribution >= 4 is 11.8 Å². The van der Waals surface area contributed by atoms with Gasteiger partial charge in [0, 0.05) is 24.8 Å². The summed E-state index contributed by atoms with van der Waals surface area (Å²) in [6.07, 6.45) is 2.83. The van der Waals surface area contributed by atoms with Crippen molar-refractivity contribution < 1.29 is 9.90 Å². The molecule has 0 atom stereocenters. The van der Waals surface area contributed by atoms with Gasteiger partial charge in [0.25, 0.3) is 0 Å². The minimum Gasteiger partial charge on any atom is -0.481 e. The number of piperidine rings is 1. The number of carbonyl (C=O) groups is 1. The number of aromatic nitrogens is 4. The van der Waals surface area contributed by atoms with E-state index in [2.05, 4.69) is 20.0 Å². The Morgan fingerprint density at radius 3 is 2.45 bits per heavy atom. The molecular weight excluding hydrogens is 282 g/mol. The highest BCUT2D eigenvalue weighted by Gasteiger charge is 2.25. The van der Waals surface area contributed by atoms with E-state index in [1.807, 2.05) is 26.0 Å². The smallest absolute Gasteiger partial charge is 0.306 e. The van der Waals surface area contributed by atoms with Crippen LogP contribution in [0, 0.1) is 19.8 Å². The van der Waals surface area contributed by atoms with Crippen LogP contribution in [0.15, 0.2) is 18.5 Å². The fourth-order valence-electron chi connectivity index (χ4n) is 2.84. The molecule has 7 heteroatoms. The van der Waals surface area contributed by atoms with Crippen molar-refractivity contribution in [3.8, 4) is 5.82 Å². The SMILES string of the molecule is Cc1cc(C)n(-c2cc(N3CCC(C(=O)O)CC3)ncn2)n1. The standard InChI is InChI=1S/C15H19N5O2/c1-10-7-11(2)20(18-10)14-8-13(16-9-17-14)19-5-3-12(4-6-19)15(21)22/h7-9,12H,3-6H2,1-2H3,(H,21,22). The molecule has 116 valence electrons. The molecule has 0 spiro atoms. The average molecular weight is 301 g/mol. The molecule has 1 saturated heterocycles. The lowest BCUT2D eigenvalue weighted by atomic mass is 9.97. The van der Waals surface area contributed by atoms with Gasteiger partial charge in [-0.05, 0) is 32.8 Å². The Morgan fingerprint density at radius 2 is 1.86 bits per heavy atom. The first-order chi connectivity index (χ1) is 10.5. The summed E-state index contributed by atoms with van der Waals surface area (Å²) in [5, 5.41) is 13.5. The second-order valence-corrected chi connectivity index (χ2v) is 5.67. The maximum Gasteiger partial charge on any atom is 0.306 e. The van der Waals surface area contributed by atoms with E-state index in [1.165, 1.54) is 6.33 Å². The predicted molar refractivity (Wildman–Crippen MR) is 81.2 cm³/mol. The van der Waals surface area contributed by atoms with Crippen molar-refractivity contribution in [2.24, 2.45) is 5.92 Å². The Hall–Kier alpha value is -2.44. The number of hydrogen-bond acceptors (Lipinski definition) is 5. The van der Waals surface area contributed by atoms with Crippen LogP contribution >= 0.6 is 0 Å². The highest BCUT2D eigenvalue weighted by Crippen LogP contribution is 2.23. The second kappa shape index (κ2) is 5.75. The minimum atomic E-state index is -0.703. The molecule has 0 bridgehead atoms. The van der Waals surface area contributed by atoms with Crippen molar-refractivity contribution in [2.45, 2.75) is 26.7 Å². The summed E-state index contributed by atoms with van der Waals surface area (Å²) in [7, 11) is 0. The zero-order chi connectivity index (χ0) is 15.7. The van der Waals surface area contributed by atoms with E-state index in [9.17, 15) is 4.79 Å². The predicted octanol–water partition coefficient (Wildman–Crippen LogP) is 1.58. The maximum atomic E-state index is 11.0. The first-order valence-corrected chi connectivity index (χ1v) is 7.38. The lowest BCUT2D eigenvalue weighted by Crippen LogP contribution is -2.36. The van der Waals surface area contributed by atoms with Crippen LogP contribution in [0.2, 0.25) is 0 Å². The molecule has 22 heavy (non-hydrogen) atoms. The summed E-state index contributed by atoms with van der Waals surface area (Å²) >= 11 is 0. The first kappa shape index (κ1) is 14.5. The quantitative estimate of drug-likeness (QED) is 0.926. The Morgan fingerprint density at radius 1 is 1.18 bits per heavy atom. The summed E-state index contributed by atoms with van der Waals surface area (Å²) in [6, 6.07) is 3.90. The number of aryl methyl sites for hydroxylation is 2. The molecular formula is C15H19N5O2. The number of hydrogen-bond donors (Lipinski definition) is 1. The van der Waals surface area contributed by atoms with Crippen molar-refractivity contribution in [3.63, 3.8) is 0 Å². The number of carboxylic acid groups (broad SMARTS) is 1. The lowest BCUT2D eigenvalue weighted by Gasteiger charge is -2.31. The van der Waals surface area contributed by atoms with Crippen molar-refractivity contribution in [2.75, 3.05) is 18.0 Å². The van der Waals surface area contributed by atoms with Gasteiger partial charge in [-0.25, -0.2) is 14.6 Å². The van der Waals surface area contributed by atoms with Gasteiger partial charge in [-0.3, -0.25) is 4.79 Å². The van der Waals surface area contributed by atoms with Crippen LogP contribution in [-0.4, -0.2) is 43.9 Å². The van der Waals surface area contributed by atoms with Crippen LogP contribution in [0.3, 0.4) is 0 Å². The van der Waals surface area contributed by atoms with Crippen molar-refractivity contribution in [3.05, 3.63) is 29.8 Å². The Labute approximate surface area is 128 Å². The monoisotopic (exact) mass is 301 g/mol. The van der Waals surface area contributed by atoms with Crippen molar-refractivity contribution in [1.82, 2.24) is 19.7 Å². The lowest BCUT2D eigenvalue weighted by molar-refractivity contribution is -0.142. The van der Waals surface area contributed by atoms with Gasteiger partial charge < -0.3 is 10.0 Å². The molecule has 2 aromatic heterocycles. The third-order valence-corrected chi connectivity index (χ3v) is 4.03. The van der Waals surface area contributed by atoms with E-state index >= 15 is 0 Å². The molecule has 0 amide bonds. The zero-order valence-corrected chi connectivity index (χ0v) is 12.7. The van der Waals surface area contributed by atoms with Gasteiger partial charge in [-0.15, -0.1) is 0 Å². The van der Waals surface area contributed by atoms with E-state index in [1.54, 1.807) is 4.68 Å². The molecule has 2 aromatic rings. The molecule has 1 N–H and O–H groups in total. The number of rotatable bonds is 3. The molecule has 0 unspecified atom stereocenters. The van der Waals surface area contributed by atoms with Crippen LogP contribution in [-0.2, 0) is 4.79 Å². The van der Waals surface area contributed by atoms with Crippen molar-refractivity contribution in [1.29, 1.82) is 0 Å². The minimum absolute atomic E-state index is 0.242. The Balaban J connectivity index is 1.80. The number of nitrogens with zero attached hydrogens (tertiary/aromatic N) is 5. The summed E-state index contributed by atoms with van der Waals surface area (Å²) in [5.41, 5.74) is 1.96. The number of anilines is 1. The van der Waals surface area contributed by atoms with Crippen LogP contribution < -0.4 is 4.90 Å². The molecule has 0 radical (unpaired) electrons. The number of aliphatic carboxylic acids is 1. The summed E-state index contributed by atoms with van der Waals surface area (Å²) < 4.78 is 1.80.